The Bertz CT molecular complexity index is 490. The maximum atomic E-state index is 12.5. The largest absolute Gasteiger partial charge is 0.441 e. The van der Waals surface area contributed by atoms with Gasteiger partial charge in [0.1, 0.15) is 5.60 Å². The SMILES string of the molecule is CN1CC[C@H](N(C)CCC(=O)N2CCC3(CC2)CN(C)C(=O)O3)C1. The van der Waals surface area contributed by atoms with Crippen LogP contribution < -0.4 is 0 Å². The Morgan fingerprint density at radius 1 is 1.29 bits per heavy atom. The molecular weight excluding hydrogens is 308 g/mol. The third-order valence-corrected chi connectivity index (χ3v) is 5.84. The molecule has 24 heavy (non-hydrogen) atoms. The van der Waals surface area contributed by atoms with Gasteiger partial charge < -0.3 is 24.3 Å². The summed E-state index contributed by atoms with van der Waals surface area (Å²) in [4.78, 5) is 32.3. The van der Waals surface area contributed by atoms with Crippen molar-refractivity contribution in [3.63, 3.8) is 0 Å². The molecule has 3 saturated heterocycles. The summed E-state index contributed by atoms with van der Waals surface area (Å²) in [7, 11) is 6.04. The Balaban J connectivity index is 1.42. The smallest absolute Gasteiger partial charge is 0.410 e. The van der Waals surface area contributed by atoms with Crippen LogP contribution in [0.3, 0.4) is 0 Å². The summed E-state index contributed by atoms with van der Waals surface area (Å²) in [6, 6.07) is 0.570. The molecule has 1 atom stereocenters. The van der Waals surface area contributed by atoms with Crippen LogP contribution in [0.5, 0.6) is 0 Å². The van der Waals surface area contributed by atoms with Crippen LogP contribution >= 0.6 is 0 Å². The summed E-state index contributed by atoms with van der Waals surface area (Å²) in [6.45, 7) is 5.08. The van der Waals surface area contributed by atoms with E-state index in [-0.39, 0.29) is 17.6 Å². The lowest BCUT2D eigenvalue weighted by atomic mass is 9.91. The third kappa shape index (κ3) is 3.67. The van der Waals surface area contributed by atoms with Gasteiger partial charge in [-0.15, -0.1) is 0 Å². The average Bonchev–Trinajstić information content (AvgIpc) is 3.09. The predicted molar refractivity (Wildman–Crippen MR) is 90.8 cm³/mol. The summed E-state index contributed by atoms with van der Waals surface area (Å²) >= 11 is 0. The van der Waals surface area contributed by atoms with Gasteiger partial charge in [0.25, 0.3) is 0 Å². The number of rotatable bonds is 4. The van der Waals surface area contributed by atoms with Gasteiger partial charge in [-0.2, -0.15) is 0 Å². The summed E-state index contributed by atoms with van der Waals surface area (Å²) in [6.07, 6.45) is 3.02. The van der Waals surface area contributed by atoms with Crippen LogP contribution in [0, 0.1) is 0 Å². The molecule has 3 heterocycles. The molecule has 0 aromatic carbocycles. The number of piperidine rings is 1. The topological polar surface area (TPSA) is 56.3 Å². The average molecular weight is 338 g/mol. The first kappa shape index (κ1) is 17.5. The quantitative estimate of drug-likeness (QED) is 0.745. The predicted octanol–water partition coefficient (Wildman–Crippen LogP) is 0.456. The maximum Gasteiger partial charge on any atom is 0.410 e. The minimum absolute atomic E-state index is 0.223. The molecule has 0 aliphatic carbocycles. The fourth-order valence-electron chi connectivity index (χ4n) is 4.10. The summed E-state index contributed by atoms with van der Waals surface area (Å²) in [5.74, 6) is 0.223. The van der Waals surface area contributed by atoms with Gasteiger partial charge in [0.2, 0.25) is 5.91 Å². The summed E-state index contributed by atoms with van der Waals surface area (Å²) in [5, 5.41) is 0. The number of likely N-dealkylation sites (tertiary alicyclic amines) is 2. The molecule has 0 aromatic rings. The van der Waals surface area contributed by atoms with Gasteiger partial charge in [0.15, 0.2) is 0 Å². The highest BCUT2D eigenvalue weighted by molar-refractivity contribution is 5.76. The van der Waals surface area contributed by atoms with E-state index in [1.54, 1.807) is 11.9 Å². The second kappa shape index (κ2) is 6.88. The molecule has 3 rings (SSSR count). The van der Waals surface area contributed by atoms with Gasteiger partial charge >= 0.3 is 6.09 Å². The highest BCUT2D eigenvalue weighted by Crippen LogP contribution is 2.32. The zero-order chi connectivity index (χ0) is 17.3. The van der Waals surface area contributed by atoms with Crippen molar-refractivity contribution in [3.05, 3.63) is 0 Å². The number of ether oxygens (including phenoxy) is 1. The minimum Gasteiger partial charge on any atom is -0.441 e. The van der Waals surface area contributed by atoms with Crippen molar-refractivity contribution in [3.8, 4) is 0 Å². The van der Waals surface area contributed by atoms with Gasteiger partial charge in [-0.05, 0) is 27.1 Å². The van der Waals surface area contributed by atoms with Crippen molar-refractivity contribution in [2.24, 2.45) is 0 Å². The Hall–Kier alpha value is -1.34. The minimum atomic E-state index is -0.367. The van der Waals surface area contributed by atoms with Crippen LogP contribution in [-0.4, -0.2) is 104 Å². The Labute approximate surface area is 144 Å². The van der Waals surface area contributed by atoms with E-state index >= 15 is 0 Å². The van der Waals surface area contributed by atoms with Gasteiger partial charge in [0, 0.05) is 58.5 Å². The van der Waals surface area contributed by atoms with Gasteiger partial charge in [-0.3, -0.25) is 4.79 Å². The zero-order valence-electron chi connectivity index (χ0n) is 15.2. The van der Waals surface area contributed by atoms with Gasteiger partial charge in [-0.1, -0.05) is 0 Å². The van der Waals surface area contributed by atoms with E-state index < -0.39 is 0 Å². The number of likely N-dealkylation sites (N-methyl/N-ethyl adjacent to an activating group) is 3. The first-order chi connectivity index (χ1) is 11.4. The fraction of sp³-hybridized carbons (Fsp3) is 0.882. The van der Waals surface area contributed by atoms with Crippen LogP contribution in [0.4, 0.5) is 4.79 Å². The van der Waals surface area contributed by atoms with Crippen molar-refractivity contribution in [2.75, 3.05) is 60.4 Å². The van der Waals surface area contributed by atoms with Gasteiger partial charge in [-0.25, -0.2) is 4.79 Å². The second-order valence-electron chi connectivity index (χ2n) is 7.72. The normalized spacial score (nSPS) is 27.3. The molecule has 0 N–H and O–H groups in total. The molecule has 0 bridgehead atoms. The Morgan fingerprint density at radius 2 is 2.00 bits per heavy atom. The first-order valence-electron chi connectivity index (χ1n) is 8.99. The van der Waals surface area contributed by atoms with E-state index in [4.69, 9.17) is 4.74 Å². The van der Waals surface area contributed by atoms with E-state index in [9.17, 15) is 9.59 Å². The van der Waals surface area contributed by atoms with Gasteiger partial charge in [0.05, 0.1) is 6.54 Å². The van der Waals surface area contributed by atoms with Crippen LogP contribution in [0.25, 0.3) is 0 Å². The van der Waals surface area contributed by atoms with Crippen molar-refractivity contribution < 1.29 is 14.3 Å². The van der Waals surface area contributed by atoms with Crippen LogP contribution in [0.1, 0.15) is 25.7 Å². The van der Waals surface area contributed by atoms with E-state index in [2.05, 4.69) is 23.9 Å². The van der Waals surface area contributed by atoms with Crippen LogP contribution in [0.2, 0.25) is 0 Å². The van der Waals surface area contributed by atoms with Crippen molar-refractivity contribution in [1.82, 2.24) is 19.6 Å². The number of nitrogens with zero attached hydrogens (tertiary/aromatic N) is 4. The van der Waals surface area contributed by atoms with E-state index in [1.165, 1.54) is 6.42 Å². The van der Waals surface area contributed by atoms with Crippen molar-refractivity contribution in [2.45, 2.75) is 37.3 Å². The number of carbonyl (C=O) groups excluding carboxylic acids is 2. The lowest BCUT2D eigenvalue weighted by molar-refractivity contribution is -0.134. The molecule has 136 valence electrons. The molecule has 3 aliphatic heterocycles. The molecular formula is C17H30N4O3. The first-order valence-corrected chi connectivity index (χ1v) is 8.99. The van der Waals surface area contributed by atoms with Crippen LogP contribution in [-0.2, 0) is 9.53 Å². The molecule has 7 nitrogen and oxygen atoms in total. The Kier molecular flexibility index (Phi) is 5.01. The summed E-state index contributed by atoms with van der Waals surface area (Å²) in [5.41, 5.74) is -0.367. The number of amides is 2. The van der Waals surface area contributed by atoms with E-state index in [0.717, 1.165) is 32.5 Å². The molecule has 0 unspecified atom stereocenters. The molecule has 0 aromatic heterocycles. The number of hydrogen-bond donors (Lipinski definition) is 0. The maximum absolute atomic E-state index is 12.5. The number of carbonyl (C=O) groups is 2. The lowest BCUT2D eigenvalue weighted by Crippen LogP contribution is -2.49. The Morgan fingerprint density at radius 3 is 2.54 bits per heavy atom. The molecule has 3 fully saturated rings. The van der Waals surface area contributed by atoms with Crippen molar-refractivity contribution in [1.29, 1.82) is 0 Å². The molecule has 2 amide bonds. The molecule has 1 spiro atoms. The van der Waals surface area contributed by atoms with Crippen molar-refractivity contribution >= 4 is 12.0 Å². The second-order valence-corrected chi connectivity index (χ2v) is 7.72. The summed E-state index contributed by atoms with van der Waals surface area (Å²) < 4.78 is 5.54. The molecule has 0 saturated carbocycles. The monoisotopic (exact) mass is 338 g/mol. The van der Waals surface area contributed by atoms with E-state index in [1.807, 2.05) is 4.90 Å². The highest BCUT2D eigenvalue weighted by Gasteiger charge is 2.46. The molecule has 3 aliphatic rings. The zero-order valence-corrected chi connectivity index (χ0v) is 15.2. The molecule has 7 heteroatoms. The lowest BCUT2D eigenvalue weighted by Gasteiger charge is -2.37. The highest BCUT2D eigenvalue weighted by atomic mass is 16.6. The standard InChI is InChI=1S/C17H30N4O3/c1-18-8-4-14(12-18)19(2)9-5-15(22)21-10-6-17(7-11-21)13-20(3)16(23)24-17/h14H,4-13H2,1-3H3/t14-/m0/s1. The fourth-order valence-corrected chi connectivity index (χ4v) is 4.10. The molecule has 0 radical (unpaired) electrons. The van der Waals surface area contributed by atoms with E-state index in [0.29, 0.717) is 32.1 Å². The third-order valence-electron chi connectivity index (χ3n) is 5.84. The number of hydrogen-bond acceptors (Lipinski definition) is 5. The van der Waals surface area contributed by atoms with Crippen LogP contribution in [0.15, 0.2) is 0 Å².